The maximum Gasteiger partial charge on any atom is 0.254 e. The topological polar surface area (TPSA) is 63.1 Å². The molecule has 0 aromatic carbocycles. The maximum atomic E-state index is 12.4. The lowest BCUT2D eigenvalue weighted by molar-refractivity contribution is 0.0785. The Morgan fingerprint density at radius 1 is 1.48 bits per heavy atom. The number of aryl methyl sites for hydroxylation is 1. The first-order chi connectivity index (χ1) is 10.1. The van der Waals surface area contributed by atoms with Crippen LogP contribution in [0.5, 0.6) is 0 Å². The second-order valence-electron chi connectivity index (χ2n) is 5.04. The first kappa shape index (κ1) is 15.0. The van der Waals surface area contributed by atoms with Crippen LogP contribution in [-0.4, -0.2) is 39.2 Å². The molecule has 2 rings (SSSR count). The van der Waals surface area contributed by atoms with Crippen molar-refractivity contribution in [2.75, 3.05) is 18.9 Å². The van der Waals surface area contributed by atoms with Gasteiger partial charge in [-0.1, -0.05) is 6.92 Å². The average Bonchev–Trinajstić information content (AvgIpc) is 2.89. The quantitative estimate of drug-likeness (QED) is 0.881. The van der Waals surface area contributed by atoms with Crippen molar-refractivity contribution >= 4 is 11.7 Å². The summed E-state index contributed by atoms with van der Waals surface area (Å²) in [4.78, 5) is 18.3. The van der Waals surface area contributed by atoms with Crippen LogP contribution < -0.4 is 5.32 Å². The Kier molecular flexibility index (Phi) is 4.92. The van der Waals surface area contributed by atoms with Gasteiger partial charge in [0, 0.05) is 50.7 Å². The van der Waals surface area contributed by atoms with Crippen LogP contribution in [-0.2, 0) is 13.6 Å². The number of rotatable bonds is 6. The van der Waals surface area contributed by atoms with Crippen LogP contribution in [0.2, 0.25) is 0 Å². The largest absolute Gasteiger partial charge is 0.370 e. The summed E-state index contributed by atoms with van der Waals surface area (Å²) in [6.45, 7) is 3.46. The van der Waals surface area contributed by atoms with Crippen LogP contribution >= 0.6 is 0 Å². The molecule has 1 N–H and O–H groups in total. The zero-order chi connectivity index (χ0) is 15.2. The van der Waals surface area contributed by atoms with Gasteiger partial charge < -0.3 is 10.2 Å². The van der Waals surface area contributed by atoms with Gasteiger partial charge in [-0.25, -0.2) is 4.98 Å². The zero-order valence-corrected chi connectivity index (χ0v) is 12.7. The van der Waals surface area contributed by atoms with Crippen molar-refractivity contribution in [1.82, 2.24) is 19.7 Å². The fourth-order valence-corrected chi connectivity index (χ4v) is 2.03. The van der Waals surface area contributed by atoms with Gasteiger partial charge >= 0.3 is 0 Å². The molecular formula is C15H21N5O. The molecule has 6 nitrogen and oxygen atoms in total. The molecule has 0 bridgehead atoms. The highest BCUT2D eigenvalue weighted by Gasteiger charge is 2.13. The number of hydrogen-bond donors (Lipinski definition) is 1. The summed E-state index contributed by atoms with van der Waals surface area (Å²) in [6, 6.07) is 3.52. The molecule has 2 aromatic heterocycles. The van der Waals surface area contributed by atoms with E-state index < -0.39 is 0 Å². The molecule has 6 heteroatoms. The van der Waals surface area contributed by atoms with E-state index in [-0.39, 0.29) is 5.91 Å². The predicted octanol–water partition coefficient (Wildman–Crippen LogP) is 1.91. The molecule has 1 amide bonds. The smallest absolute Gasteiger partial charge is 0.254 e. The molecule has 0 aliphatic heterocycles. The second kappa shape index (κ2) is 6.88. The molecule has 0 fully saturated rings. The van der Waals surface area contributed by atoms with E-state index in [1.807, 2.05) is 13.2 Å². The molecule has 112 valence electrons. The molecule has 0 spiro atoms. The zero-order valence-electron chi connectivity index (χ0n) is 12.7. The Labute approximate surface area is 124 Å². The van der Waals surface area contributed by atoms with Gasteiger partial charge in [-0.2, -0.15) is 5.10 Å². The highest BCUT2D eigenvalue weighted by molar-refractivity contribution is 5.94. The first-order valence-corrected chi connectivity index (χ1v) is 7.03. The van der Waals surface area contributed by atoms with Gasteiger partial charge in [-0.05, 0) is 18.6 Å². The lowest BCUT2D eigenvalue weighted by Gasteiger charge is -2.16. The Hall–Kier alpha value is -2.37. The van der Waals surface area contributed by atoms with Crippen LogP contribution in [0.4, 0.5) is 5.82 Å². The van der Waals surface area contributed by atoms with Gasteiger partial charge in [-0.3, -0.25) is 9.48 Å². The highest BCUT2D eigenvalue weighted by Crippen LogP contribution is 2.11. The molecule has 2 heterocycles. The Balaban J connectivity index is 2.04. The number of nitrogens with one attached hydrogen (secondary N) is 1. The summed E-state index contributed by atoms with van der Waals surface area (Å²) in [5.74, 6) is 0.707. The molecule has 0 saturated carbocycles. The van der Waals surface area contributed by atoms with Crippen molar-refractivity contribution in [3.8, 4) is 0 Å². The predicted molar refractivity (Wildman–Crippen MR) is 82.0 cm³/mol. The van der Waals surface area contributed by atoms with Gasteiger partial charge in [-0.15, -0.1) is 0 Å². The van der Waals surface area contributed by atoms with E-state index in [2.05, 4.69) is 22.3 Å². The van der Waals surface area contributed by atoms with E-state index in [9.17, 15) is 4.79 Å². The van der Waals surface area contributed by atoms with Crippen LogP contribution in [0, 0.1) is 0 Å². The van der Waals surface area contributed by atoms with Crippen LogP contribution in [0.3, 0.4) is 0 Å². The number of carbonyl (C=O) groups excluding carboxylic acids is 1. The van der Waals surface area contributed by atoms with E-state index in [0.717, 1.165) is 24.3 Å². The van der Waals surface area contributed by atoms with E-state index in [1.54, 1.807) is 41.2 Å². The highest BCUT2D eigenvalue weighted by atomic mass is 16.2. The molecule has 0 unspecified atom stereocenters. The minimum Gasteiger partial charge on any atom is -0.370 e. The van der Waals surface area contributed by atoms with Crippen LogP contribution in [0.25, 0.3) is 0 Å². The first-order valence-electron chi connectivity index (χ1n) is 7.03. The number of carbonyl (C=O) groups is 1. The summed E-state index contributed by atoms with van der Waals surface area (Å²) in [5.41, 5.74) is 1.64. The standard InChI is InChI=1S/C15H21N5O/c1-4-6-16-14-8-13(5-7-17-14)15(21)19(2)10-12-9-18-20(3)11-12/h5,7-9,11H,4,6,10H2,1-3H3,(H,16,17). The lowest BCUT2D eigenvalue weighted by Crippen LogP contribution is -2.26. The fourth-order valence-electron chi connectivity index (χ4n) is 2.03. The molecule has 0 atom stereocenters. The van der Waals surface area contributed by atoms with E-state index in [4.69, 9.17) is 0 Å². The van der Waals surface area contributed by atoms with E-state index >= 15 is 0 Å². The van der Waals surface area contributed by atoms with Crippen LogP contribution in [0.15, 0.2) is 30.7 Å². The minimum absolute atomic E-state index is 0.0270. The van der Waals surface area contributed by atoms with E-state index in [0.29, 0.717) is 12.1 Å². The summed E-state index contributed by atoms with van der Waals surface area (Å²) < 4.78 is 1.73. The van der Waals surface area contributed by atoms with E-state index in [1.165, 1.54) is 0 Å². The van der Waals surface area contributed by atoms with Crippen molar-refractivity contribution in [2.45, 2.75) is 19.9 Å². The third-order valence-corrected chi connectivity index (χ3v) is 3.09. The monoisotopic (exact) mass is 287 g/mol. The van der Waals surface area contributed by atoms with Gasteiger partial charge in [0.2, 0.25) is 0 Å². The Bertz CT molecular complexity index is 608. The summed E-state index contributed by atoms with van der Waals surface area (Å²) in [5, 5.41) is 7.29. The van der Waals surface area contributed by atoms with Crippen molar-refractivity contribution in [3.05, 3.63) is 41.9 Å². The van der Waals surface area contributed by atoms with Gasteiger partial charge in [0.1, 0.15) is 5.82 Å². The number of amides is 1. The number of pyridine rings is 1. The van der Waals surface area contributed by atoms with Crippen LogP contribution in [0.1, 0.15) is 29.3 Å². The summed E-state index contributed by atoms with van der Waals surface area (Å²) in [6.07, 6.45) is 6.35. The average molecular weight is 287 g/mol. The third kappa shape index (κ3) is 4.05. The fraction of sp³-hybridized carbons (Fsp3) is 0.400. The molecule has 0 aliphatic carbocycles. The molecule has 21 heavy (non-hydrogen) atoms. The van der Waals surface area contributed by atoms with Gasteiger partial charge in [0.05, 0.1) is 6.20 Å². The van der Waals surface area contributed by atoms with Gasteiger partial charge in [0.15, 0.2) is 0 Å². The molecule has 0 saturated heterocycles. The third-order valence-electron chi connectivity index (χ3n) is 3.09. The number of nitrogens with zero attached hydrogens (tertiary/aromatic N) is 4. The molecule has 0 radical (unpaired) electrons. The normalized spacial score (nSPS) is 10.4. The Morgan fingerprint density at radius 2 is 2.29 bits per heavy atom. The summed E-state index contributed by atoms with van der Waals surface area (Å²) in [7, 11) is 3.65. The number of aromatic nitrogens is 3. The lowest BCUT2D eigenvalue weighted by atomic mass is 10.2. The minimum atomic E-state index is -0.0270. The maximum absolute atomic E-state index is 12.4. The van der Waals surface area contributed by atoms with Gasteiger partial charge in [0.25, 0.3) is 5.91 Å². The SMILES string of the molecule is CCCNc1cc(C(=O)N(C)Cc2cnn(C)c2)ccn1. The number of hydrogen-bond acceptors (Lipinski definition) is 4. The van der Waals surface area contributed by atoms with Crippen molar-refractivity contribution in [1.29, 1.82) is 0 Å². The van der Waals surface area contributed by atoms with Crippen molar-refractivity contribution in [3.63, 3.8) is 0 Å². The molecule has 2 aromatic rings. The van der Waals surface area contributed by atoms with Crippen molar-refractivity contribution in [2.24, 2.45) is 7.05 Å². The molecular weight excluding hydrogens is 266 g/mol. The number of anilines is 1. The summed E-state index contributed by atoms with van der Waals surface area (Å²) >= 11 is 0. The van der Waals surface area contributed by atoms with Crippen molar-refractivity contribution < 1.29 is 4.79 Å². The Morgan fingerprint density at radius 3 is 2.95 bits per heavy atom. The second-order valence-corrected chi connectivity index (χ2v) is 5.04. The molecule has 0 aliphatic rings.